The molecule has 0 spiro atoms. The van der Waals surface area contributed by atoms with Crippen LogP contribution in [0.2, 0.25) is 0 Å². The lowest BCUT2D eigenvalue weighted by Gasteiger charge is -1.96. The third-order valence-corrected chi connectivity index (χ3v) is 1.61. The summed E-state index contributed by atoms with van der Waals surface area (Å²) in [5.41, 5.74) is 1.65. The van der Waals surface area contributed by atoms with Crippen LogP contribution in [0.1, 0.15) is 17.7 Å². The van der Waals surface area contributed by atoms with E-state index in [9.17, 15) is 0 Å². The maximum atomic E-state index is 8.84. The molecule has 0 unspecified atom stereocenters. The van der Waals surface area contributed by atoms with Crippen molar-refractivity contribution < 1.29 is 10.2 Å². The van der Waals surface area contributed by atoms with E-state index in [0.717, 1.165) is 11.3 Å². The van der Waals surface area contributed by atoms with E-state index < -0.39 is 0 Å². The standard InChI is InChI=1S/C10H13NO2/c12-6-2-1-3-10-7-9(8-13)4-5-11-10/h1,3-5,7,12-13H,2,6,8H2. The first-order chi connectivity index (χ1) is 6.36. The Morgan fingerprint density at radius 1 is 1.38 bits per heavy atom. The average molecular weight is 179 g/mol. The maximum absolute atomic E-state index is 8.84. The van der Waals surface area contributed by atoms with E-state index in [-0.39, 0.29) is 13.2 Å². The van der Waals surface area contributed by atoms with E-state index in [4.69, 9.17) is 10.2 Å². The Bertz CT molecular complexity index is 284. The summed E-state index contributed by atoms with van der Waals surface area (Å²) in [6.45, 7) is 0.180. The lowest BCUT2D eigenvalue weighted by molar-refractivity contribution is 0.281. The fourth-order valence-electron chi connectivity index (χ4n) is 0.963. The zero-order chi connectivity index (χ0) is 9.52. The molecule has 13 heavy (non-hydrogen) atoms. The highest BCUT2D eigenvalue weighted by Crippen LogP contribution is 2.03. The number of pyridine rings is 1. The van der Waals surface area contributed by atoms with Crippen molar-refractivity contribution in [2.24, 2.45) is 0 Å². The quantitative estimate of drug-likeness (QED) is 0.724. The Morgan fingerprint density at radius 2 is 2.23 bits per heavy atom. The van der Waals surface area contributed by atoms with Gasteiger partial charge in [-0.05, 0) is 30.2 Å². The van der Waals surface area contributed by atoms with E-state index in [1.54, 1.807) is 12.3 Å². The van der Waals surface area contributed by atoms with Crippen molar-refractivity contribution in [1.29, 1.82) is 0 Å². The minimum Gasteiger partial charge on any atom is -0.396 e. The Balaban J connectivity index is 2.66. The molecule has 1 rings (SSSR count). The minimum atomic E-state index is 0.0311. The number of aliphatic hydroxyl groups is 2. The van der Waals surface area contributed by atoms with Gasteiger partial charge in [0.2, 0.25) is 0 Å². The van der Waals surface area contributed by atoms with E-state index in [0.29, 0.717) is 6.42 Å². The fraction of sp³-hybridized carbons (Fsp3) is 0.300. The zero-order valence-corrected chi connectivity index (χ0v) is 7.35. The fourth-order valence-corrected chi connectivity index (χ4v) is 0.963. The third-order valence-electron chi connectivity index (χ3n) is 1.61. The van der Waals surface area contributed by atoms with Crippen molar-refractivity contribution in [2.45, 2.75) is 13.0 Å². The molecule has 2 N–H and O–H groups in total. The van der Waals surface area contributed by atoms with Gasteiger partial charge in [0.05, 0.1) is 12.3 Å². The minimum absolute atomic E-state index is 0.0311. The zero-order valence-electron chi connectivity index (χ0n) is 7.35. The summed E-state index contributed by atoms with van der Waals surface area (Å²) in [6, 6.07) is 3.58. The molecule has 0 fully saturated rings. The van der Waals surface area contributed by atoms with Gasteiger partial charge in [-0.3, -0.25) is 4.98 Å². The van der Waals surface area contributed by atoms with E-state index in [1.165, 1.54) is 0 Å². The van der Waals surface area contributed by atoms with Gasteiger partial charge < -0.3 is 10.2 Å². The third kappa shape index (κ3) is 3.36. The van der Waals surface area contributed by atoms with Crippen LogP contribution in [0.25, 0.3) is 6.08 Å². The number of aromatic nitrogens is 1. The molecule has 3 heteroatoms. The molecule has 0 aliphatic carbocycles. The predicted octanol–water partition coefficient (Wildman–Crippen LogP) is 0.970. The lowest BCUT2D eigenvalue weighted by atomic mass is 10.2. The molecule has 0 aliphatic rings. The van der Waals surface area contributed by atoms with Crippen molar-refractivity contribution >= 4 is 6.08 Å². The Morgan fingerprint density at radius 3 is 2.92 bits per heavy atom. The summed E-state index contributed by atoms with van der Waals surface area (Å²) in [5.74, 6) is 0. The van der Waals surface area contributed by atoms with Gasteiger partial charge >= 0.3 is 0 Å². The second-order valence-electron chi connectivity index (χ2n) is 2.66. The summed E-state index contributed by atoms with van der Waals surface area (Å²) in [6.07, 6.45) is 5.97. The highest BCUT2D eigenvalue weighted by Gasteiger charge is 1.91. The van der Waals surface area contributed by atoms with Crippen molar-refractivity contribution in [3.63, 3.8) is 0 Å². The molecular weight excluding hydrogens is 166 g/mol. The van der Waals surface area contributed by atoms with Crippen LogP contribution < -0.4 is 0 Å². The van der Waals surface area contributed by atoms with E-state index >= 15 is 0 Å². The number of aliphatic hydroxyl groups excluding tert-OH is 2. The van der Waals surface area contributed by atoms with Crippen molar-refractivity contribution in [3.05, 3.63) is 35.7 Å². The molecule has 0 radical (unpaired) electrons. The van der Waals surface area contributed by atoms with Gasteiger partial charge in [0.25, 0.3) is 0 Å². The summed E-state index contributed by atoms with van der Waals surface area (Å²) in [5, 5.41) is 17.4. The number of rotatable bonds is 4. The second kappa shape index (κ2) is 5.45. The van der Waals surface area contributed by atoms with E-state index in [1.807, 2.05) is 18.2 Å². The smallest absolute Gasteiger partial charge is 0.0683 e. The number of hydrogen-bond donors (Lipinski definition) is 2. The molecule has 0 saturated carbocycles. The number of nitrogens with zero attached hydrogens (tertiary/aromatic N) is 1. The highest BCUT2D eigenvalue weighted by atomic mass is 16.3. The average Bonchev–Trinajstić information content (AvgIpc) is 2.19. The Labute approximate surface area is 77.4 Å². The predicted molar refractivity (Wildman–Crippen MR) is 50.9 cm³/mol. The molecule has 0 aromatic carbocycles. The first-order valence-corrected chi connectivity index (χ1v) is 4.20. The molecule has 70 valence electrons. The van der Waals surface area contributed by atoms with Crippen LogP contribution in [0.5, 0.6) is 0 Å². The van der Waals surface area contributed by atoms with Gasteiger partial charge in [-0.1, -0.05) is 6.08 Å². The molecule has 0 aliphatic heterocycles. The van der Waals surface area contributed by atoms with Gasteiger partial charge in [0.15, 0.2) is 0 Å². The molecule has 1 heterocycles. The topological polar surface area (TPSA) is 53.4 Å². The van der Waals surface area contributed by atoms with Gasteiger partial charge in [-0.15, -0.1) is 0 Å². The van der Waals surface area contributed by atoms with Crippen LogP contribution in [0, 0.1) is 0 Å². The summed E-state index contributed by atoms with van der Waals surface area (Å²) < 4.78 is 0. The van der Waals surface area contributed by atoms with Crippen molar-refractivity contribution in [3.8, 4) is 0 Å². The molecule has 1 aromatic rings. The molecule has 0 saturated heterocycles. The number of hydrogen-bond acceptors (Lipinski definition) is 3. The highest BCUT2D eigenvalue weighted by molar-refractivity contribution is 5.45. The normalized spacial score (nSPS) is 10.9. The van der Waals surface area contributed by atoms with Crippen LogP contribution >= 0.6 is 0 Å². The summed E-state index contributed by atoms with van der Waals surface area (Å²) in [4.78, 5) is 4.08. The summed E-state index contributed by atoms with van der Waals surface area (Å²) in [7, 11) is 0. The molecule has 0 bridgehead atoms. The lowest BCUT2D eigenvalue weighted by Crippen LogP contribution is -1.86. The summed E-state index contributed by atoms with van der Waals surface area (Å²) >= 11 is 0. The van der Waals surface area contributed by atoms with Crippen molar-refractivity contribution in [2.75, 3.05) is 6.61 Å². The van der Waals surface area contributed by atoms with E-state index in [2.05, 4.69) is 4.98 Å². The molecule has 1 aromatic heterocycles. The SMILES string of the molecule is OCCC=Cc1cc(CO)ccn1. The Kier molecular flexibility index (Phi) is 4.15. The molecule has 3 nitrogen and oxygen atoms in total. The van der Waals surface area contributed by atoms with Crippen molar-refractivity contribution in [1.82, 2.24) is 4.98 Å². The van der Waals surface area contributed by atoms with Gasteiger partial charge in [-0.2, -0.15) is 0 Å². The van der Waals surface area contributed by atoms with Crippen LogP contribution in [0.3, 0.4) is 0 Å². The van der Waals surface area contributed by atoms with Gasteiger partial charge in [0.1, 0.15) is 0 Å². The van der Waals surface area contributed by atoms with Gasteiger partial charge in [0, 0.05) is 12.8 Å². The first-order valence-electron chi connectivity index (χ1n) is 4.20. The van der Waals surface area contributed by atoms with Crippen LogP contribution in [-0.2, 0) is 6.61 Å². The second-order valence-corrected chi connectivity index (χ2v) is 2.66. The monoisotopic (exact) mass is 179 g/mol. The van der Waals surface area contributed by atoms with Crippen LogP contribution in [0.15, 0.2) is 24.4 Å². The van der Waals surface area contributed by atoms with Crippen LogP contribution in [-0.4, -0.2) is 21.8 Å². The molecule has 0 amide bonds. The van der Waals surface area contributed by atoms with Gasteiger partial charge in [-0.25, -0.2) is 0 Å². The molecule has 0 atom stereocenters. The first kappa shape index (κ1) is 9.89. The molecular formula is C10H13NO2. The van der Waals surface area contributed by atoms with Crippen LogP contribution in [0.4, 0.5) is 0 Å². The Hall–Kier alpha value is -1.19. The maximum Gasteiger partial charge on any atom is 0.0683 e. The largest absolute Gasteiger partial charge is 0.396 e.